The molecule has 1 fully saturated rings. The minimum absolute atomic E-state index is 0.0163. The van der Waals surface area contributed by atoms with Gasteiger partial charge in [-0.15, -0.1) is 0 Å². The summed E-state index contributed by atoms with van der Waals surface area (Å²) in [5.41, 5.74) is 2.67. The van der Waals surface area contributed by atoms with Gasteiger partial charge in [-0.25, -0.2) is 9.97 Å². The number of carbonyl (C=O) groups excluding carboxylic acids is 1. The summed E-state index contributed by atoms with van der Waals surface area (Å²) >= 11 is 0. The van der Waals surface area contributed by atoms with E-state index in [1.54, 1.807) is 0 Å². The van der Waals surface area contributed by atoms with Crippen LogP contribution in [0.3, 0.4) is 0 Å². The monoisotopic (exact) mass is 418 g/mol. The summed E-state index contributed by atoms with van der Waals surface area (Å²) in [5, 5.41) is 1.95. The van der Waals surface area contributed by atoms with Crippen molar-refractivity contribution in [1.29, 1.82) is 0 Å². The van der Waals surface area contributed by atoms with E-state index >= 15 is 0 Å². The third kappa shape index (κ3) is 3.81. The summed E-state index contributed by atoms with van der Waals surface area (Å²) < 4.78 is 11.3. The molecule has 2 aliphatic heterocycles. The van der Waals surface area contributed by atoms with Crippen molar-refractivity contribution in [3.05, 3.63) is 59.4 Å². The predicted octanol–water partition coefficient (Wildman–Crippen LogP) is 3.06. The van der Waals surface area contributed by atoms with Gasteiger partial charge in [0.2, 0.25) is 5.95 Å². The highest BCUT2D eigenvalue weighted by molar-refractivity contribution is 6.09. The lowest BCUT2D eigenvalue weighted by Gasteiger charge is -2.31. The molecule has 0 saturated carbocycles. The van der Waals surface area contributed by atoms with Gasteiger partial charge in [0.25, 0.3) is 5.91 Å². The van der Waals surface area contributed by atoms with Crippen LogP contribution in [0.2, 0.25) is 0 Å². The number of rotatable bonds is 4. The summed E-state index contributed by atoms with van der Waals surface area (Å²) in [5.74, 6) is 1.34. The zero-order valence-electron chi connectivity index (χ0n) is 17.7. The van der Waals surface area contributed by atoms with Crippen molar-refractivity contribution < 1.29 is 14.3 Å². The van der Waals surface area contributed by atoms with Gasteiger partial charge in [0, 0.05) is 25.8 Å². The normalized spacial score (nSPS) is 16.3. The van der Waals surface area contributed by atoms with Crippen molar-refractivity contribution in [2.75, 3.05) is 44.4 Å². The van der Waals surface area contributed by atoms with Gasteiger partial charge in [0.15, 0.2) is 0 Å². The summed E-state index contributed by atoms with van der Waals surface area (Å²) in [6.07, 6.45) is 2.66. The van der Waals surface area contributed by atoms with Crippen molar-refractivity contribution in [3.8, 4) is 5.75 Å². The van der Waals surface area contributed by atoms with Gasteiger partial charge in [-0.2, -0.15) is 0 Å². The molecule has 0 radical (unpaired) electrons. The lowest BCUT2D eigenvalue weighted by Crippen LogP contribution is -2.39. The molecule has 2 aliphatic rings. The van der Waals surface area contributed by atoms with Gasteiger partial charge < -0.3 is 19.3 Å². The number of ether oxygens (including phenoxy) is 2. The van der Waals surface area contributed by atoms with Gasteiger partial charge in [0.1, 0.15) is 5.75 Å². The van der Waals surface area contributed by atoms with Crippen molar-refractivity contribution >= 4 is 22.6 Å². The van der Waals surface area contributed by atoms with Gasteiger partial charge in [0.05, 0.1) is 37.6 Å². The topological polar surface area (TPSA) is 67.8 Å². The van der Waals surface area contributed by atoms with Crippen LogP contribution >= 0.6 is 0 Å². The first-order chi connectivity index (χ1) is 15.2. The third-order valence-corrected chi connectivity index (χ3v) is 5.92. The molecule has 0 aliphatic carbocycles. The second-order valence-electron chi connectivity index (χ2n) is 7.81. The van der Waals surface area contributed by atoms with E-state index < -0.39 is 0 Å². The van der Waals surface area contributed by atoms with Crippen LogP contribution in [-0.2, 0) is 17.7 Å². The predicted molar refractivity (Wildman–Crippen MR) is 119 cm³/mol. The van der Waals surface area contributed by atoms with Gasteiger partial charge >= 0.3 is 0 Å². The summed E-state index contributed by atoms with van der Waals surface area (Å²) in [4.78, 5) is 27.1. The average molecular weight is 418 g/mol. The molecule has 0 unspecified atom stereocenters. The quantitative estimate of drug-likeness (QED) is 0.649. The first kappa shape index (κ1) is 19.8. The number of fused-ring (bicyclic) bond motifs is 2. The maximum Gasteiger partial charge on any atom is 0.258 e. The van der Waals surface area contributed by atoms with Crippen LogP contribution in [0.1, 0.15) is 28.5 Å². The number of nitrogens with zero attached hydrogens (tertiary/aromatic N) is 4. The molecule has 3 heterocycles. The van der Waals surface area contributed by atoms with Crippen LogP contribution in [0.5, 0.6) is 5.75 Å². The first-order valence-corrected chi connectivity index (χ1v) is 10.9. The molecule has 0 spiro atoms. The molecule has 1 amide bonds. The van der Waals surface area contributed by atoms with E-state index in [-0.39, 0.29) is 5.91 Å². The minimum Gasteiger partial charge on any atom is -0.493 e. The molecule has 7 nitrogen and oxygen atoms in total. The number of benzene rings is 2. The Kier molecular flexibility index (Phi) is 5.42. The van der Waals surface area contributed by atoms with Crippen LogP contribution in [0.15, 0.2) is 42.6 Å². The molecule has 0 bridgehead atoms. The van der Waals surface area contributed by atoms with Crippen molar-refractivity contribution in [1.82, 2.24) is 14.9 Å². The number of morpholine rings is 1. The minimum atomic E-state index is -0.0163. The highest BCUT2D eigenvalue weighted by atomic mass is 16.5. The van der Waals surface area contributed by atoms with Crippen LogP contribution in [0.4, 0.5) is 5.95 Å². The molecule has 1 aromatic heterocycles. The molecule has 0 N–H and O–H groups in total. The lowest BCUT2D eigenvalue weighted by molar-refractivity contribution is 0.0729. The Morgan fingerprint density at radius 1 is 1.13 bits per heavy atom. The van der Waals surface area contributed by atoms with Crippen molar-refractivity contribution in [2.24, 2.45) is 0 Å². The Bertz CT molecular complexity index is 1110. The molecule has 7 heteroatoms. The van der Waals surface area contributed by atoms with Crippen molar-refractivity contribution in [2.45, 2.75) is 19.9 Å². The number of aromatic nitrogens is 2. The maximum atomic E-state index is 13.7. The Morgan fingerprint density at radius 3 is 2.81 bits per heavy atom. The molecule has 2 aromatic carbocycles. The third-order valence-electron chi connectivity index (χ3n) is 5.92. The average Bonchev–Trinajstić information content (AvgIpc) is 2.83. The maximum absolute atomic E-state index is 13.7. The van der Waals surface area contributed by atoms with E-state index in [4.69, 9.17) is 14.5 Å². The van der Waals surface area contributed by atoms with Crippen LogP contribution in [0, 0.1) is 0 Å². The highest BCUT2D eigenvalue weighted by Gasteiger charge is 2.27. The molecule has 160 valence electrons. The van der Waals surface area contributed by atoms with Gasteiger partial charge in [-0.05, 0) is 35.7 Å². The molecular weight excluding hydrogens is 392 g/mol. The molecule has 31 heavy (non-hydrogen) atoms. The molecule has 0 atom stereocenters. The number of anilines is 1. The highest BCUT2D eigenvalue weighted by Crippen LogP contribution is 2.31. The molecule has 3 aromatic rings. The summed E-state index contributed by atoms with van der Waals surface area (Å²) in [6, 6.07) is 11.9. The van der Waals surface area contributed by atoms with E-state index in [9.17, 15) is 4.79 Å². The number of amides is 1. The van der Waals surface area contributed by atoms with Crippen molar-refractivity contribution in [3.63, 3.8) is 0 Å². The first-order valence-electron chi connectivity index (χ1n) is 10.9. The van der Waals surface area contributed by atoms with E-state index in [1.807, 2.05) is 54.4 Å². The standard InChI is InChI=1S/C24H26N4O3/c1-2-31-21-8-7-17-5-3-4-6-19(17)22(21)23(29)28-10-9-18-15-25-24(26-20(18)16-28)27-11-13-30-14-12-27/h3-8,15H,2,9-14,16H2,1H3. The Morgan fingerprint density at radius 2 is 1.97 bits per heavy atom. The Hall–Kier alpha value is -3.19. The van der Waals surface area contributed by atoms with E-state index in [2.05, 4.69) is 9.88 Å². The Labute approximate surface area is 181 Å². The fourth-order valence-electron chi connectivity index (χ4n) is 4.29. The number of hydrogen-bond acceptors (Lipinski definition) is 6. The van der Waals surface area contributed by atoms with E-state index in [0.29, 0.717) is 44.2 Å². The van der Waals surface area contributed by atoms with E-state index in [1.165, 1.54) is 0 Å². The zero-order valence-corrected chi connectivity index (χ0v) is 17.7. The Balaban J connectivity index is 1.46. The van der Waals surface area contributed by atoms with Crippen LogP contribution < -0.4 is 9.64 Å². The van der Waals surface area contributed by atoms with Gasteiger partial charge in [-0.3, -0.25) is 4.79 Å². The largest absolute Gasteiger partial charge is 0.493 e. The lowest BCUT2D eigenvalue weighted by atomic mass is 10.0. The fraction of sp³-hybridized carbons (Fsp3) is 0.375. The second-order valence-corrected chi connectivity index (χ2v) is 7.81. The second kappa shape index (κ2) is 8.51. The fourth-order valence-corrected chi connectivity index (χ4v) is 4.29. The molecule has 5 rings (SSSR count). The van der Waals surface area contributed by atoms with Crippen LogP contribution in [-0.4, -0.2) is 60.2 Å². The van der Waals surface area contributed by atoms with Gasteiger partial charge in [-0.1, -0.05) is 30.3 Å². The van der Waals surface area contributed by atoms with Crippen LogP contribution in [0.25, 0.3) is 10.8 Å². The number of hydrogen-bond donors (Lipinski definition) is 0. The zero-order chi connectivity index (χ0) is 21.2. The SMILES string of the molecule is CCOc1ccc2ccccc2c1C(=O)N1CCc2cnc(N3CCOCC3)nc2C1. The molecular formula is C24H26N4O3. The summed E-state index contributed by atoms with van der Waals surface area (Å²) in [7, 11) is 0. The summed E-state index contributed by atoms with van der Waals surface area (Å²) in [6.45, 7) is 6.51. The molecule has 1 saturated heterocycles. The smallest absolute Gasteiger partial charge is 0.258 e. The van der Waals surface area contributed by atoms with E-state index in [0.717, 1.165) is 47.5 Å². The number of carbonyl (C=O) groups is 1.